The highest BCUT2D eigenvalue weighted by molar-refractivity contribution is 6.04. The lowest BCUT2D eigenvalue weighted by atomic mass is 10.0. The van der Waals surface area contributed by atoms with Gasteiger partial charge in [-0.15, -0.1) is 0 Å². The summed E-state index contributed by atoms with van der Waals surface area (Å²) in [7, 11) is 0. The lowest BCUT2D eigenvalue weighted by molar-refractivity contribution is 0.102. The first kappa shape index (κ1) is 19.3. The Balaban J connectivity index is 1.66. The van der Waals surface area contributed by atoms with E-state index < -0.39 is 0 Å². The number of benzene rings is 3. The number of carbonyl (C=O) groups excluding carboxylic acids is 1. The molecule has 0 aliphatic heterocycles. The van der Waals surface area contributed by atoms with Crippen molar-refractivity contribution < 1.29 is 4.79 Å². The largest absolute Gasteiger partial charge is 0.322 e. The number of nitriles is 1. The summed E-state index contributed by atoms with van der Waals surface area (Å²) < 4.78 is 0. The van der Waals surface area contributed by atoms with Gasteiger partial charge in [-0.3, -0.25) is 4.79 Å². The van der Waals surface area contributed by atoms with Crippen molar-refractivity contribution in [1.82, 2.24) is 5.32 Å². The van der Waals surface area contributed by atoms with Crippen LogP contribution in [0, 0.1) is 11.3 Å². The van der Waals surface area contributed by atoms with Crippen LogP contribution in [0.15, 0.2) is 72.8 Å². The van der Waals surface area contributed by atoms with Crippen LogP contribution in [0.5, 0.6) is 0 Å². The fourth-order valence-electron chi connectivity index (χ4n) is 2.82. The van der Waals surface area contributed by atoms with Gasteiger partial charge in [0.05, 0.1) is 11.6 Å². The highest BCUT2D eigenvalue weighted by Crippen LogP contribution is 2.22. The summed E-state index contributed by atoms with van der Waals surface area (Å²) in [5, 5.41) is 15.2. The van der Waals surface area contributed by atoms with Crippen molar-refractivity contribution >= 4 is 11.6 Å². The van der Waals surface area contributed by atoms with Crippen LogP contribution in [-0.4, -0.2) is 11.9 Å². The smallest absolute Gasteiger partial charge is 0.255 e. The van der Waals surface area contributed by atoms with E-state index in [2.05, 4.69) is 48.7 Å². The van der Waals surface area contributed by atoms with Crippen LogP contribution in [0.2, 0.25) is 0 Å². The average Bonchev–Trinajstić information content (AvgIpc) is 2.73. The van der Waals surface area contributed by atoms with Crippen LogP contribution in [0.3, 0.4) is 0 Å². The van der Waals surface area contributed by atoms with Crippen molar-refractivity contribution in [2.45, 2.75) is 26.4 Å². The number of amides is 1. The molecule has 4 heteroatoms. The third kappa shape index (κ3) is 5.06. The predicted octanol–water partition coefficient (Wildman–Crippen LogP) is 4.98. The number of nitrogens with one attached hydrogen (secondary N) is 2. The van der Waals surface area contributed by atoms with Crippen molar-refractivity contribution in [2.75, 3.05) is 5.32 Å². The zero-order valence-corrected chi connectivity index (χ0v) is 16.1. The Morgan fingerprint density at radius 1 is 0.964 bits per heavy atom. The Bertz CT molecular complexity index is 984. The number of hydrogen-bond acceptors (Lipinski definition) is 3. The summed E-state index contributed by atoms with van der Waals surface area (Å²) in [4.78, 5) is 12.4. The van der Waals surface area contributed by atoms with Gasteiger partial charge in [-0.05, 0) is 47.0 Å². The molecule has 3 rings (SSSR count). The van der Waals surface area contributed by atoms with E-state index in [0.29, 0.717) is 22.9 Å². The van der Waals surface area contributed by atoms with Crippen LogP contribution >= 0.6 is 0 Å². The third-order valence-electron chi connectivity index (χ3n) is 4.40. The molecule has 0 saturated carbocycles. The molecule has 0 aromatic heterocycles. The highest BCUT2D eigenvalue weighted by Gasteiger charge is 2.07. The Hall–Kier alpha value is -3.42. The Kier molecular flexibility index (Phi) is 6.21. The van der Waals surface area contributed by atoms with E-state index in [9.17, 15) is 4.79 Å². The number of hydrogen-bond donors (Lipinski definition) is 2. The standard InChI is InChI=1S/C24H23N3O/c1-17(2)26-16-18-6-8-20(9-7-18)21-10-12-23(13-11-21)27-24(28)22-5-3-4-19(14-22)15-25/h3-14,17,26H,16H2,1-2H3,(H,27,28). The quantitative estimate of drug-likeness (QED) is 0.644. The molecule has 140 valence electrons. The van der Waals surface area contributed by atoms with Crippen molar-refractivity contribution in [2.24, 2.45) is 0 Å². The molecule has 3 aromatic rings. The molecule has 3 aromatic carbocycles. The third-order valence-corrected chi connectivity index (χ3v) is 4.40. The van der Waals surface area contributed by atoms with Crippen LogP contribution in [0.1, 0.15) is 35.3 Å². The van der Waals surface area contributed by atoms with Crippen molar-refractivity contribution in [3.05, 3.63) is 89.5 Å². The topological polar surface area (TPSA) is 64.9 Å². The second kappa shape index (κ2) is 8.98. The van der Waals surface area contributed by atoms with Gasteiger partial charge in [0.25, 0.3) is 5.91 Å². The van der Waals surface area contributed by atoms with E-state index in [1.54, 1.807) is 24.3 Å². The first-order valence-electron chi connectivity index (χ1n) is 9.29. The van der Waals surface area contributed by atoms with Gasteiger partial charge in [0, 0.05) is 23.8 Å². The van der Waals surface area contributed by atoms with Gasteiger partial charge in [-0.2, -0.15) is 5.26 Å². The summed E-state index contributed by atoms with van der Waals surface area (Å²) in [6.45, 7) is 5.12. The van der Waals surface area contributed by atoms with E-state index in [1.165, 1.54) is 5.56 Å². The number of anilines is 1. The number of rotatable bonds is 6. The molecule has 0 saturated heterocycles. The average molecular weight is 369 g/mol. The van der Waals surface area contributed by atoms with Gasteiger partial charge in [0.15, 0.2) is 0 Å². The molecule has 28 heavy (non-hydrogen) atoms. The zero-order valence-electron chi connectivity index (χ0n) is 16.1. The van der Waals surface area contributed by atoms with E-state index in [4.69, 9.17) is 5.26 Å². The summed E-state index contributed by atoms with van der Waals surface area (Å²) in [6.07, 6.45) is 0. The molecule has 0 bridgehead atoms. The number of nitrogens with zero attached hydrogens (tertiary/aromatic N) is 1. The first-order valence-corrected chi connectivity index (χ1v) is 9.29. The SMILES string of the molecule is CC(C)NCc1ccc(-c2ccc(NC(=O)c3cccc(C#N)c3)cc2)cc1. The molecule has 1 amide bonds. The second-order valence-electron chi connectivity index (χ2n) is 6.96. The fourth-order valence-corrected chi connectivity index (χ4v) is 2.82. The summed E-state index contributed by atoms with van der Waals surface area (Å²) in [6, 6.07) is 25.4. The molecule has 0 radical (unpaired) electrons. The molecule has 0 atom stereocenters. The lowest BCUT2D eigenvalue weighted by Gasteiger charge is -2.10. The molecular weight excluding hydrogens is 346 g/mol. The monoisotopic (exact) mass is 369 g/mol. The summed E-state index contributed by atoms with van der Waals surface area (Å²) in [5.41, 5.74) is 5.12. The second-order valence-corrected chi connectivity index (χ2v) is 6.96. The maximum absolute atomic E-state index is 12.4. The van der Waals surface area contributed by atoms with Crippen LogP contribution in [0.25, 0.3) is 11.1 Å². The molecular formula is C24H23N3O. The van der Waals surface area contributed by atoms with Crippen LogP contribution in [-0.2, 0) is 6.54 Å². The molecule has 4 nitrogen and oxygen atoms in total. The van der Waals surface area contributed by atoms with E-state index >= 15 is 0 Å². The van der Waals surface area contributed by atoms with Gasteiger partial charge in [-0.25, -0.2) is 0 Å². The van der Waals surface area contributed by atoms with Gasteiger partial charge in [0.1, 0.15) is 0 Å². The normalized spacial score (nSPS) is 10.5. The molecule has 0 aliphatic rings. The molecule has 0 aliphatic carbocycles. The highest BCUT2D eigenvalue weighted by atomic mass is 16.1. The van der Waals surface area contributed by atoms with Crippen molar-refractivity contribution in [3.8, 4) is 17.2 Å². The van der Waals surface area contributed by atoms with Crippen molar-refractivity contribution in [1.29, 1.82) is 5.26 Å². The Morgan fingerprint density at radius 3 is 2.21 bits per heavy atom. The van der Waals surface area contributed by atoms with E-state index in [-0.39, 0.29) is 5.91 Å². The van der Waals surface area contributed by atoms with E-state index in [0.717, 1.165) is 17.7 Å². The summed E-state index contributed by atoms with van der Waals surface area (Å²) in [5.74, 6) is -0.230. The first-order chi connectivity index (χ1) is 13.5. The molecule has 0 spiro atoms. The number of carbonyl (C=O) groups is 1. The maximum Gasteiger partial charge on any atom is 0.255 e. The molecule has 0 unspecified atom stereocenters. The molecule has 0 heterocycles. The Morgan fingerprint density at radius 2 is 1.61 bits per heavy atom. The van der Waals surface area contributed by atoms with Crippen LogP contribution < -0.4 is 10.6 Å². The van der Waals surface area contributed by atoms with Gasteiger partial charge in [0.2, 0.25) is 0 Å². The molecule has 0 fully saturated rings. The van der Waals surface area contributed by atoms with Crippen molar-refractivity contribution in [3.63, 3.8) is 0 Å². The van der Waals surface area contributed by atoms with E-state index in [1.807, 2.05) is 30.3 Å². The minimum atomic E-state index is -0.230. The molecule has 2 N–H and O–H groups in total. The van der Waals surface area contributed by atoms with Gasteiger partial charge in [-0.1, -0.05) is 56.3 Å². The fraction of sp³-hybridized carbons (Fsp3) is 0.167. The predicted molar refractivity (Wildman–Crippen MR) is 113 cm³/mol. The minimum absolute atomic E-state index is 0.230. The van der Waals surface area contributed by atoms with Gasteiger partial charge < -0.3 is 10.6 Å². The lowest BCUT2D eigenvalue weighted by Crippen LogP contribution is -2.21. The van der Waals surface area contributed by atoms with Gasteiger partial charge >= 0.3 is 0 Å². The summed E-state index contributed by atoms with van der Waals surface area (Å²) >= 11 is 0. The minimum Gasteiger partial charge on any atom is -0.322 e. The Labute approximate surface area is 165 Å². The zero-order chi connectivity index (χ0) is 19.9. The maximum atomic E-state index is 12.4. The van der Waals surface area contributed by atoms with Crippen LogP contribution in [0.4, 0.5) is 5.69 Å².